The van der Waals surface area contributed by atoms with Crippen molar-refractivity contribution in [1.82, 2.24) is 0 Å². The lowest BCUT2D eigenvalue weighted by Gasteiger charge is -2.03. The number of halogens is 3. The SMILES string of the molecule is OC(Br)(Br)[CH]Br. The van der Waals surface area contributed by atoms with Crippen molar-refractivity contribution in [3.05, 3.63) is 5.33 Å². The minimum Gasteiger partial charge on any atom is -0.368 e. The molecule has 0 aromatic carbocycles. The van der Waals surface area contributed by atoms with Crippen molar-refractivity contribution in [2.45, 2.75) is 3.42 Å². The Morgan fingerprint density at radius 3 is 1.67 bits per heavy atom. The normalized spacial score (nSPS) is 12.0. The van der Waals surface area contributed by atoms with E-state index < -0.39 is 3.42 Å². The first-order chi connectivity index (χ1) is 2.56. The minimum absolute atomic E-state index is 1.04. The fraction of sp³-hybridized carbons (Fsp3) is 0.500. The molecular formula is C2H2Br3O. The second kappa shape index (κ2) is 2.64. The number of rotatable bonds is 1. The summed E-state index contributed by atoms with van der Waals surface area (Å²) in [7, 11) is 0. The molecule has 0 heterocycles. The lowest BCUT2D eigenvalue weighted by molar-refractivity contribution is 0.287. The van der Waals surface area contributed by atoms with E-state index >= 15 is 0 Å². The average Bonchev–Trinajstić information content (AvgIpc) is 1.35. The topological polar surface area (TPSA) is 20.2 Å². The van der Waals surface area contributed by atoms with Gasteiger partial charge in [-0.2, -0.15) is 0 Å². The van der Waals surface area contributed by atoms with Crippen LogP contribution >= 0.6 is 47.8 Å². The van der Waals surface area contributed by atoms with Crippen LogP contribution in [0.25, 0.3) is 0 Å². The van der Waals surface area contributed by atoms with E-state index in [-0.39, 0.29) is 0 Å². The molecule has 4 heteroatoms. The van der Waals surface area contributed by atoms with E-state index in [4.69, 9.17) is 5.11 Å². The second-order valence-electron chi connectivity index (χ2n) is 0.697. The quantitative estimate of drug-likeness (QED) is 0.729. The third kappa shape index (κ3) is 5.40. The zero-order chi connectivity index (χ0) is 5.21. The van der Waals surface area contributed by atoms with Crippen LogP contribution in [0.3, 0.4) is 0 Å². The summed E-state index contributed by atoms with van der Waals surface area (Å²) in [5.41, 5.74) is 0. The Bertz CT molecular complexity index is 38.5. The summed E-state index contributed by atoms with van der Waals surface area (Å²) in [5.74, 6) is 0. The Morgan fingerprint density at radius 2 is 1.67 bits per heavy atom. The number of hydrogen-bond acceptors (Lipinski definition) is 1. The van der Waals surface area contributed by atoms with Gasteiger partial charge >= 0.3 is 0 Å². The van der Waals surface area contributed by atoms with Crippen LogP contribution in [0.1, 0.15) is 0 Å². The average molecular weight is 282 g/mol. The highest BCUT2D eigenvalue weighted by molar-refractivity contribution is 9.26. The molecule has 0 aliphatic rings. The standard InChI is InChI=1S/C2H2Br3O/c3-1-2(4,5)6/h1,6H. The van der Waals surface area contributed by atoms with Gasteiger partial charge in [-0.1, -0.05) is 15.9 Å². The molecule has 1 radical (unpaired) electrons. The Morgan fingerprint density at radius 1 is 1.50 bits per heavy atom. The molecule has 1 nitrogen and oxygen atoms in total. The molecule has 0 bridgehead atoms. The Labute approximate surface area is 61.5 Å². The molecule has 0 unspecified atom stereocenters. The zero-order valence-corrected chi connectivity index (χ0v) is 7.42. The molecule has 0 aromatic heterocycles. The summed E-state index contributed by atoms with van der Waals surface area (Å²) in [6.07, 6.45) is 0. The molecule has 0 amide bonds. The molecule has 0 aliphatic carbocycles. The van der Waals surface area contributed by atoms with Gasteiger partial charge in [-0.05, 0) is 31.9 Å². The fourth-order valence-corrected chi connectivity index (χ4v) is 0. The first kappa shape index (κ1) is 7.40. The number of alkyl halides is 2. The van der Waals surface area contributed by atoms with Gasteiger partial charge in [0.2, 0.25) is 0 Å². The minimum atomic E-state index is -1.04. The molecule has 1 N–H and O–H groups in total. The van der Waals surface area contributed by atoms with E-state index in [0.29, 0.717) is 0 Å². The smallest absolute Gasteiger partial charge is 0.188 e. The van der Waals surface area contributed by atoms with E-state index in [1.165, 1.54) is 5.33 Å². The first-order valence-electron chi connectivity index (χ1n) is 1.11. The van der Waals surface area contributed by atoms with Crippen LogP contribution in [-0.2, 0) is 0 Å². The molecular weight excluding hydrogens is 280 g/mol. The van der Waals surface area contributed by atoms with Gasteiger partial charge in [-0.3, -0.25) is 0 Å². The number of aliphatic hydroxyl groups is 1. The summed E-state index contributed by atoms with van der Waals surface area (Å²) < 4.78 is -1.04. The first-order valence-corrected chi connectivity index (χ1v) is 3.61. The lowest BCUT2D eigenvalue weighted by atomic mass is 10.9. The van der Waals surface area contributed by atoms with Crippen molar-refractivity contribution in [2.24, 2.45) is 0 Å². The fourth-order valence-electron chi connectivity index (χ4n) is 0. The van der Waals surface area contributed by atoms with Crippen molar-refractivity contribution in [2.75, 3.05) is 0 Å². The van der Waals surface area contributed by atoms with Crippen molar-refractivity contribution in [1.29, 1.82) is 0 Å². The summed E-state index contributed by atoms with van der Waals surface area (Å²) in [6.45, 7) is 0. The van der Waals surface area contributed by atoms with E-state index in [1.807, 2.05) is 0 Å². The predicted octanol–water partition coefficient (Wildman–Crippen LogP) is 1.98. The van der Waals surface area contributed by atoms with Gasteiger partial charge in [0.05, 0.1) is 5.33 Å². The number of hydrogen-bond donors (Lipinski definition) is 1. The van der Waals surface area contributed by atoms with Crippen LogP contribution in [-0.4, -0.2) is 8.53 Å². The van der Waals surface area contributed by atoms with E-state index in [1.54, 1.807) is 0 Å². The van der Waals surface area contributed by atoms with Crippen LogP contribution in [0.4, 0.5) is 0 Å². The van der Waals surface area contributed by atoms with Gasteiger partial charge in [0.1, 0.15) is 0 Å². The maximum atomic E-state index is 8.56. The van der Waals surface area contributed by atoms with Gasteiger partial charge in [0.25, 0.3) is 0 Å². The molecule has 0 fully saturated rings. The van der Waals surface area contributed by atoms with Crippen LogP contribution < -0.4 is 0 Å². The molecule has 0 saturated carbocycles. The Hall–Kier alpha value is 1.40. The van der Waals surface area contributed by atoms with Gasteiger partial charge in [0, 0.05) is 0 Å². The summed E-state index contributed by atoms with van der Waals surface area (Å²) >= 11 is 8.60. The van der Waals surface area contributed by atoms with Crippen molar-refractivity contribution < 1.29 is 5.11 Å². The highest BCUT2D eigenvalue weighted by Crippen LogP contribution is 2.27. The maximum absolute atomic E-state index is 8.56. The molecule has 0 rings (SSSR count). The molecule has 0 saturated heterocycles. The van der Waals surface area contributed by atoms with Crippen LogP contribution in [0.15, 0.2) is 0 Å². The molecule has 0 aromatic rings. The monoisotopic (exact) mass is 279 g/mol. The third-order valence-corrected chi connectivity index (χ3v) is 2.48. The predicted molar refractivity (Wildman–Crippen MR) is 36.0 cm³/mol. The zero-order valence-electron chi connectivity index (χ0n) is 2.66. The largest absolute Gasteiger partial charge is 0.368 e. The van der Waals surface area contributed by atoms with Crippen molar-refractivity contribution >= 4 is 47.8 Å². The Kier molecular flexibility index (Phi) is 3.26. The van der Waals surface area contributed by atoms with E-state index in [2.05, 4.69) is 47.8 Å². The van der Waals surface area contributed by atoms with Crippen LogP contribution in [0.2, 0.25) is 0 Å². The molecule has 0 spiro atoms. The Balaban J connectivity index is 3.17. The lowest BCUT2D eigenvalue weighted by Crippen LogP contribution is -2.04. The third-order valence-electron chi connectivity index (χ3n) is 0.131. The van der Waals surface area contributed by atoms with Crippen LogP contribution in [0.5, 0.6) is 0 Å². The van der Waals surface area contributed by atoms with Crippen LogP contribution in [0, 0.1) is 5.33 Å². The van der Waals surface area contributed by atoms with Gasteiger partial charge in [-0.25, -0.2) is 0 Å². The summed E-state index contributed by atoms with van der Waals surface area (Å²) in [6, 6.07) is 0. The summed E-state index contributed by atoms with van der Waals surface area (Å²) in [4.78, 5) is 0. The molecule has 6 heavy (non-hydrogen) atoms. The molecule has 0 atom stereocenters. The second-order valence-corrected chi connectivity index (χ2v) is 4.64. The highest BCUT2D eigenvalue weighted by atomic mass is 79.9. The summed E-state index contributed by atoms with van der Waals surface area (Å²) in [5, 5.41) is 9.95. The highest BCUT2D eigenvalue weighted by Gasteiger charge is 2.14. The van der Waals surface area contributed by atoms with E-state index in [0.717, 1.165) is 0 Å². The van der Waals surface area contributed by atoms with Gasteiger partial charge in [0.15, 0.2) is 3.42 Å². The van der Waals surface area contributed by atoms with Crippen molar-refractivity contribution in [3.8, 4) is 0 Å². The van der Waals surface area contributed by atoms with E-state index in [9.17, 15) is 0 Å². The van der Waals surface area contributed by atoms with Gasteiger partial charge in [-0.15, -0.1) is 0 Å². The van der Waals surface area contributed by atoms with Gasteiger partial charge < -0.3 is 5.11 Å². The molecule has 0 aliphatic heterocycles. The molecule has 37 valence electrons. The van der Waals surface area contributed by atoms with Crippen molar-refractivity contribution in [3.63, 3.8) is 0 Å². The maximum Gasteiger partial charge on any atom is 0.188 e.